The van der Waals surface area contributed by atoms with Crippen molar-refractivity contribution in [3.8, 4) is 11.5 Å². The van der Waals surface area contributed by atoms with E-state index in [1.807, 2.05) is 35.2 Å². The molecule has 0 aliphatic carbocycles. The Morgan fingerprint density at radius 2 is 1.89 bits per heavy atom. The van der Waals surface area contributed by atoms with Gasteiger partial charge in [0.1, 0.15) is 6.04 Å². The van der Waals surface area contributed by atoms with Gasteiger partial charge in [-0.05, 0) is 36.6 Å². The number of nitrogens with one attached hydrogen (secondary N) is 3. The highest BCUT2D eigenvalue weighted by atomic mass is 16.7. The number of aromatic nitrogens is 2. The number of carbonyl (C=O) groups is 2. The summed E-state index contributed by atoms with van der Waals surface area (Å²) in [7, 11) is 0. The summed E-state index contributed by atoms with van der Waals surface area (Å²) in [5.41, 5.74) is 3.49. The van der Waals surface area contributed by atoms with Crippen LogP contribution in [0, 0.1) is 0 Å². The van der Waals surface area contributed by atoms with E-state index in [0.29, 0.717) is 36.6 Å². The number of rotatable bonds is 5. The Morgan fingerprint density at radius 3 is 2.72 bits per heavy atom. The highest BCUT2D eigenvalue weighted by molar-refractivity contribution is 5.98. The molecule has 1 unspecified atom stereocenters. The smallest absolute Gasteiger partial charge is 0.252 e. The molecule has 6 rings (SSSR count). The monoisotopic (exact) mass is 487 g/mol. The van der Waals surface area contributed by atoms with Gasteiger partial charge in [-0.2, -0.15) is 0 Å². The Kier molecular flexibility index (Phi) is 5.85. The van der Waals surface area contributed by atoms with Crippen LogP contribution in [-0.2, 0) is 23.2 Å². The number of imidazole rings is 1. The minimum absolute atomic E-state index is 0.0687. The molecule has 3 aliphatic rings. The standard InChI is InChI=1S/C27H29N5O4/c33-25(19-6-7-22-23(15-19)36-17-35-22)31-21(14-18-4-2-1-3-5-18)26(34)32-12-9-27(10-13-32)24-20(8-11-30-27)28-16-29-24/h1-7,15-16,21,30H,8-14,17H2,(H,28,29)(H,31,33). The van der Waals surface area contributed by atoms with Crippen molar-refractivity contribution >= 4 is 11.8 Å². The molecule has 0 radical (unpaired) electrons. The van der Waals surface area contributed by atoms with E-state index in [9.17, 15) is 9.59 Å². The van der Waals surface area contributed by atoms with Crippen molar-refractivity contribution < 1.29 is 19.1 Å². The summed E-state index contributed by atoms with van der Waals surface area (Å²) >= 11 is 0. The number of amides is 2. The second-order valence-electron chi connectivity index (χ2n) is 9.60. The largest absolute Gasteiger partial charge is 0.454 e. The van der Waals surface area contributed by atoms with Gasteiger partial charge in [0.25, 0.3) is 5.91 Å². The molecule has 2 aromatic carbocycles. The summed E-state index contributed by atoms with van der Waals surface area (Å²) in [4.78, 5) is 36.7. The number of H-pyrrole nitrogens is 1. The highest BCUT2D eigenvalue weighted by Gasteiger charge is 2.43. The van der Waals surface area contributed by atoms with Gasteiger partial charge >= 0.3 is 0 Å². The molecule has 186 valence electrons. The number of piperidine rings is 1. The molecular formula is C27H29N5O4. The minimum Gasteiger partial charge on any atom is -0.454 e. The molecule has 9 heteroatoms. The predicted octanol–water partition coefficient (Wildman–Crippen LogP) is 2.14. The lowest BCUT2D eigenvalue weighted by Gasteiger charge is -2.44. The molecule has 1 aromatic heterocycles. The normalized spacial score (nSPS) is 18.5. The van der Waals surface area contributed by atoms with E-state index in [2.05, 4.69) is 20.6 Å². The Bertz CT molecular complexity index is 1270. The molecular weight excluding hydrogens is 458 g/mol. The van der Waals surface area contributed by atoms with Crippen molar-refractivity contribution in [2.75, 3.05) is 26.4 Å². The molecule has 1 fully saturated rings. The van der Waals surface area contributed by atoms with E-state index < -0.39 is 6.04 Å². The highest BCUT2D eigenvalue weighted by Crippen LogP contribution is 2.36. The average molecular weight is 488 g/mol. The number of fused-ring (bicyclic) bond motifs is 3. The van der Waals surface area contributed by atoms with Crippen LogP contribution < -0.4 is 20.1 Å². The van der Waals surface area contributed by atoms with Crippen molar-refractivity contribution in [3.05, 3.63) is 77.4 Å². The quantitative estimate of drug-likeness (QED) is 0.509. The number of nitrogens with zero attached hydrogens (tertiary/aromatic N) is 2. The van der Waals surface area contributed by atoms with Gasteiger partial charge in [0.05, 0.1) is 17.6 Å². The first-order valence-corrected chi connectivity index (χ1v) is 12.4. The first kappa shape index (κ1) is 22.6. The van der Waals surface area contributed by atoms with Crippen LogP contribution in [0.5, 0.6) is 11.5 Å². The topological polar surface area (TPSA) is 109 Å². The fourth-order valence-corrected chi connectivity index (χ4v) is 5.51. The van der Waals surface area contributed by atoms with Crippen molar-refractivity contribution in [1.29, 1.82) is 0 Å². The van der Waals surface area contributed by atoms with Crippen LogP contribution in [0.1, 0.15) is 40.2 Å². The van der Waals surface area contributed by atoms with Gasteiger partial charge < -0.3 is 30.0 Å². The van der Waals surface area contributed by atoms with Crippen LogP contribution in [0.15, 0.2) is 54.9 Å². The third-order valence-electron chi connectivity index (χ3n) is 7.46. The van der Waals surface area contributed by atoms with Gasteiger partial charge in [-0.15, -0.1) is 0 Å². The van der Waals surface area contributed by atoms with E-state index in [1.54, 1.807) is 24.5 Å². The molecule has 3 N–H and O–H groups in total. The van der Waals surface area contributed by atoms with Gasteiger partial charge in [0, 0.05) is 43.7 Å². The SMILES string of the molecule is O=C(NC(Cc1ccccc1)C(=O)N1CCC2(CC1)NCCc1[nH]cnc12)c1ccc2c(c1)OCO2. The summed E-state index contributed by atoms with van der Waals surface area (Å²) in [5, 5.41) is 6.66. The van der Waals surface area contributed by atoms with Gasteiger partial charge in [0.2, 0.25) is 12.7 Å². The Balaban J connectivity index is 1.19. The molecule has 9 nitrogen and oxygen atoms in total. The zero-order valence-electron chi connectivity index (χ0n) is 20.0. The van der Waals surface area contributed by atoms with Crippen molar-refractivity contribution in [1.82, 2.24) is 25.5 Å². The van der Waals surface area contributed by atoms with Crippen LogP contribution in [-0.4, -0.2) is 59.2 Å². The fourth-order valence-electron chi connectivity index (χ4n) is 5.51. The number of hydrogen-bond donors (Lipinski definition) is 3. The maximum Gasteiger partial charge on any atom is 0.252 e. The first-order valence-electron chi connectivity index (χ1n) is 12.4. The van der Waals surface area contributed by atoms with Gasteiger partial charge in [-0.1, -0.05) is 30.3 Å². The minimum atomic E-state index is -0.681. The van der Waals surface area contributed by atoms with E-state index in [0.717, 1.165) is 37.1 Å². The van der Waals surface area contributed by atoms with Crippen molar-refractivity contribution in [2.45, 2.75) is 37.3 Å². The van der Waals surface area contributed by atoms with Gasteiger partial charge in [0.15, 0.2) is 11.5 Å². The molecule has 4 heterocycles. The van der Waals surface area contributed by atoms with Crippen LogP contribution >= 0.6 is 0 Å². The lowest BCUT2D eigenvalue weighted by atomic mass is 9.80. The number of carbonyl (C=O) groups excluding carboxylic acids is 2. The summed E-state index contributed by atoms with van der Waals surface area (Å²) in [6, 6.07) is 14.2. The zero-order valence-corrected chi connectivity index (χ0v) is 20.0. The van der Waals surface area contributed by atoms with Gasteiger partial charge in [-0.3, -0.25) is 9.59 Å². The molecule has 1 saturated heterocycles. The molecule has 2 amide bonds. The Hall–Kier alpha value is -3.85. The molecule has 0 saturated carbocycles. The molecule has 1 atom stereocenters. The molecule has 3 aliphatic heterocycles. The third-order valence-corrected chi connectivity index (χ3v) is 7.46. The summed E-state index contributed by atoms with van der Waals surface area (Å²) < 4.78 is 10.8. The molecule has 36 heavy (non-hydrogen) atoms. The first-order chi connectivity index (χ1) is 17.6. The van der Waals surface area contributed by atoms with Crippen LogP contribution in [0.4, 0.5) is 0 Å². The number of hydrogen-bond acceptors (Lipinski definition) is 6. The number of aromatic amines is 1. The third kappa shape index (κ3) is 4.19. The Labute approximate surface area is 209 Å². The van der Waals surface area contributed by atoms with Crippen molar-refractivity contribution in [3.63, 3.8) is 0 Å². The second kappa shape index (κ2) is 9.31. The predicted molar refractivity (Wildman–Crippen MR) is 132 cm³/mol. The molecule has 0 bridgehead atoms. The summed E-state index contributed by atoms with van der Waals surface area (Å²) in [5.74, 6) is 0.766. The summed E-state index contributed by atoms with van der Waals surface area (Å²) in [6.07, 6.45) is 4.68. The maximum atomic E-state index is 13.7. The van der Waals surface area contributed by atoms with E-state index in [4.69, 9.17) is 9.47 Å². The van der Waals surface area contributed by atoms with E-state index >= 15 is 0 Å². The number of likely N-dealkylation sites (tertiary alicyclic amines) is 1. The number of benzene rings is 2. The maximum absolute atomic E-state index is 13.7. The molecule has 1 spiro atoms. The van der Waals surface area contributed by atoms with E-state index in [-0.39, 0.29) is 24.1 Å². The lowest BCUT2D eigenvalue weighted by molar-refractivity contribution is -0.135. The van der Waals surface area contributed by atoms with Gasteiger partial charge in [-0.25, -0.2) is 4.98 Å². The van der Waals surface area contributed by atoms with Crippen LogP contribution in [0.2, 0.25) is 0 Å². The second-order valence-corrected chi connectivity index (χ2v) is 9.60. The number of ether oxygens (including phenoxy) is 2. The average Bonchev–Trinajstić information content (AvgIpc) is 3.59. The summed E-state index contributed by atoms with van der Waals surface area (Å²) in [6.45, 7) is 2.23. The van der Waals surface area contributed by atoms with Crippen LogP contribution in [0.25, 0.3) is 0 Å². The Morgan fingerprint density at radius 1 is 1.08 bits per heavy atom. The van der Waals surface area contributed by atoms with Crippen LogP contribution in [0.3, 0.4) is 0 Å². The molecule has 3 aromatic rings. The lowest BCUT2D eigenvalue weighted by Crippen LogP contribution is -2.58. The van der Waals surface area contributed by atoms with Crippen molar-refractivity contribution in [2.24, 2.45) is 0 Å². The zero-order chi connectivity index (χ0) is 24.5. The van der Waals surface area contributed by atoms with E-state index in [1.165, 1.54) is 5.69 Å². The fraction of sp³-hybridized carbons (Fsp3) is 0.370.